The molecule has 2 N–H and O–H groups in total. The zero-order valence-electron chi connectivity index (χ0n) is 11.6. The summed E-state index contributed by atoms with van der Waals surface area (Å²) in [4.78, 5) is 15.7. The molecule has 0 unspecified atom stereocenters. The minimum Gasteiger partial charge on any atom is -0.358 e. The number of benzene rings is 2. The van der Waals surface area contributed by atoms with Crippen molar-refractivity contribution in [3.05, 3.63) is 70.4 Å². The van der Waals surface area contributed by atoms with Crippen LogP contribution in [0.25, 0.3) is 10.9 Å². The maximum atomic E-state index is 12.5. The van der Waals surface area contributed by atoms with Crippen molar-refractivity contribution < 1.29 is 4.79 Å². The minimum absolute atomic E-state index is 0.0927. The number of hydrogen-bond donors (Lipinski definition) is 2. The number of aromatic amines is 1. The van der Waals surface area contributed by atoms with Gasteiger partial charge < -0.3 is 10.3 Å². The van der Waals surface area contributed by atoms with E-state index in [-0.39, 0.29) is 5.91 Å². The lowest BCUT2D eigenvalue weighted by atomic mass is 10.1. The maximum absolute atomic E-state index is 12.5. The molecule has 3 aromatic rings. The monoisotopic (exact) mass is 298 g/mol. The summed E-state index contributed by atoms with van der Waals surface area (Å²) in [6.07, 6.45) is 0. The Labute approximate surface area is 127 Å². The van der Waals surface area contributed by atoms with E-state index in [4.69, 9.17) is 11.6 Å². The lowest BCUT2D eigenvalue weighted by Crippen LogP contribution is -2.23. The molecule has 0 saturated carbocycles. The van der Waals surface area contributed by atoms with Gasteiger partial charge in [-0.2, -0.15) is 0 Å². The van der Waals surface area contributed by atoms with E-state index in [0.717, 1.165) is 22.2 Å². The number of para-hydroxylation sites is 1. The Morgan fingerprint density at radius 1 is 1.14 bits per heavy atom. The molecule has 0 atom stereocenters. The van der Waals surface area contributed by atoms with Crippen LogP contribution in [0.3, 0.4) is 0 Å². The van der Waals surface area contributed by atoms with E-state index in [2.05, 4.69) is 10.3 Å². The van der Waals surface area contributed by atoms with Gasteiger partial charge in [0.25, 0.3) is 5.91 Å². The summed E-state index contributed by atoms with van der Waals surface area (Å²) in [6.45, 7) is 2.32. The van der Waals surface area contributed by atoms with Gasteiger partial charge in [0.05, 0.1) is 5.56 Å². The summed E-state index contributed by atoms with van der Waals surface area (Å²) in [5.41, 5.74) is 3.44. The highest BCUT2D eigenvalue weighted by molar-refractivity contribution is 6.31. The third-order valence-corrected chi connectivity index (χ3v) is 3.89. The highest BCUT2D eigenvalue weighted by Crippen LogP contribution is 2.22. The first-order chi connectivity index (χ1) is 10.2. The van der Waals surface area contributed by atoms with Gasteiger partial charge in [-0.25, -0.2) is 0 Å². The molecule has 3 rings (SSSR count). The molecule has 0 aliphatic heterocycles. The predicted octanol–water partition coefficient (Wildman–Crippen LogP) is 4.06. The summed E-state index contributed by atoms with van der Waals surface area (Å²) in [6, 6.07) is 15.3. The van der Waals surface area contributed by atoms with E-state index < -0.39 is 0 Å². The van der Waals surface area contributed by atoms with Crippen molar-refractivity contribution in [2.75, 3.05) is 0 Å². The van der Waals surface area contributed by atoms with Crippen LogP contribution in [0.5, 0.6) is 0 Å². The summed E-state index contributed by atoms with van der Waals surface area (Å²) >= 11 is 6.10. The van der Waals surface area contributed by atoms with E-state index in [0.29, 0.717) is 17.1 Å². The maximum Gasteiger partial charge on any atom is 0.253 e. The number of amides is 1. The van der Waals surface area contributed by atoms with Crippen molar-refractivity contribution in [3.8, 4) is 0 Å². The van der Waals surface area contributed by atoms with Gasteiger partial charge in [0.2, 0.25) is 0 Å². The Morgan fingerprint density at radius 2 is 1.86 bits per heavy atom. The van der Waals surface area contributed by atoms with Crippen molar-refractivity contribution in [1.82, 2.24) is 10.3 Å². The Kier molecular flexibility index (Phi) is 3.67. The average molecular weight is 299 g/mol. The van der Waals surface area contributed by atoms with Crippen LogP contribution >= 0.6 is 11.6 Å². The minimum atomic E-state index is -0.0927. The van der Waals surface area contributed by atoms with Crippen LogP contribution in [0.1, 0.15) is 21.6 Å². The molecule has 0 spiro atoms. The van der Waals surface area contributed by atoms with Crippen molar-refractivity contribution in [1.29, 1.82) is 0 Å². The standard InChI is InChI=1S/C17H15ClN2O/c1-11-16(13-7-3-5-9-15(13)20-11)17(21)19-10-12-6-2-4-8-14(12)18/h2-9,20H,10H2,1H3,(H,19,21). The van der Waals surface area contributed by atoms with Crippen molar-refractivity contribution >= 4 is 28.4 Å². The van der Waals surface area contributed by atoms with E-state index in [1.54, 1.807) is 0 Å². The number of halogens is 1. The van der Waals surface area contributed by atoms with Crippen LogP contribution in [0, 0.1) is 6.92 Å². The number of H-pyrrole nitrogens is 1. The molecule has 4 heteroatoms. The fourth-order valence-electron chi connectivity index (χ4n) is 2.47. The topological polar surface area (TPSA) is 44.9 Å². The first-order valence-corrected chi connectivity index (χ1v) is 7.13. The lowest BCUT2D eigenvalue weighted by molar-refractivity contribution is 0.0952. The van der Waals surface area contributed by atoms with Crippen LogP contribution in [0.15, 0.2) is 48.5 Å². The number of aromatic nitrogens is 1. The number of aryl methyl sites for hydroxylation is 1. The van der Waals surface area contributed by atoms with E-state index in [9.17, 15) is 4.79 Å². The lowest BCUT2D eigenvalue weighted by Gasteiger charge is -2.07. The molecule has 3 nitrogen and oxygen atoms in total. The Hall–Kier alpha value is -2.26. The summed E-state index contributed by atoms with van der Waals surface area (Å²) < 4.78 is 0. The van der Waals surface area contributed by atoms with Crippen LogP contribution in [-0.2, 0) is 6.54 Å². The second kappa shape index (κ2) is 5.62. The summed E-state index contributed by atoms with van der Waals surface area (Å²) in [5.74, 6) is -0.0927. The molecule has 0 fully saturated rings. The molecular formula is C17H15ClN2O. The highest BCUT2D eigenvalue weighted by atomic mass is 35.5. The molecular weight excluding hydrogens is 284 g/mol. The van der Waals surface area contributed by atoms with Crippen molar-refractivity contribution in [2.24, 2.45) is 0 Å². The largest absolute Gasteiger partial charge is 0.358 e. The van der Waals surface area contributed by atoms with Gasteiger partial charge in [0, 0.05) is 28.2 Å². The van der Waals surface area contributed by atoms with Crippen LogP contribution in [-0.4, -0.2) is 10.9 Å². The van der Waals surface area contributed by atoms with Gasteiger partial charge in [-0.1, -0.05) is 48.0 Å². The summed E-state index contributed by atoms with van der Waals surface area (Å²) in [5, 5.41) is 4.53. The quantitative estimate of drug-likeness (QED) is 0.752. The fraction of sp³-hybridized carbons (Fsp3) is 0.118. The molecule has 1 heterocycles. The zero-order chi connectivity index (χ0) is 14.8. The number of carbonyl (C=O) groups is 1. The Bertz CT molecular complexity index is 807. The number of carbonyl (C=O) groups excluding carboxylic acids is 1. The number of nitrogens with one attached hydrogen (secondary N) is 2. The molecule has 21 heavy (non-hydrogen) atoms. The van der Waals surface area contributed by atoms with Crippen molar-refractivity contribution in [2.45, 2.75) is 13.5 Å². The van der Waals surface area contributed by atoms with Crippen LogP contribution in [0.4, 0.5) is 0 Å². The number of fused-ring (bicyclic) bond motifs is 1. The summed E-state index contributed by atoms with van der Waals surface area (Å²) in [7, 11) is 0. The zero-order valence-corrected chi connectivity index (χ0v) is 12.4. The van der Waals surface area contributed by atoms with Gasteiger partial charge in [-0.15, -0.1) is 0 Å². The third-order valence-electron chi connectivity index (χ3n) is 3.52. The first-order valence-electron chi connectivity index (χ1n) is 6.75. The van der Waals surface area contributed by atoms with Gasteiger partial charge in [0.15, 0.2) is 0 Å². The Balaban J connectivity index is 1.85. The SMILES string of the molecule is Cc1[nH]c2ccccc2c1C(=O)NCc1ccccc1Cl. The number of rotatable bonds is 3. The smallest absolute Gasteiger partial charge is 0.253 e. The van der Waals surface area contributed by atoms with Gasteiger partial charge in [0.1, 0.15) is 0 Å². The van der Waals surface area contributed by atoms with Crippen LogP contribution in [0.2, 0.25) is 5.02 Å². The molecule has 2 aromatic carbocycles. The first kappa shape index (κ1) is 13.7. The van der Waals surface area contributed by atoms with E-state index >= 15 is 0 Å². The third kappa shape index (κ3) is 2.65. The second-order valence-electron chi connectivity index (χ2n) is 4.94. The number of hydrogen-bond acceptors (Lipinski definition) is 1. The average Bonchev–Trinajstić information content (AvgIpc) is 2.82. The van der Waals surface area contributed by atoms with Gasteiger partial charge >= 0.3 is 0 Å². The molecule has 0 aliphatic rings. The second-order valence-corrected chi connectivity index (χ2v) is 5.35. The van der Waals surface area contributed by atoms with Crippen molar-refractivity contribution in [3.63, 3.8) is 0 Å². The van der Waals surface area contributed by atoms with E-state index in [1.807, 2.05) is 55.5 Å². The highest BCUT2D eigenvalue weighted by Gasteiger charge is 2.15. The molecule has 1 aromatic heterocycles. The van der Waals surface area contributed by atoms with Gasteiger partial charge in [-0.05, 0) is 24.6 Å². The molecule has 0 aliphatic carbocycles. The molecule has 1 amide bonds. The normalized spacial score (nSPS) is 10.8. The van der Waals surface area contributed by atoms with E-state index in [1.165, 1.54) is 0 Å². The van der Waals surface area contributed by atoms with Gasteiger partial charge in [-0.3, -0.25) is 4.79 Å². The van der Waals surface area contributed by atoms with Crippen LogP contribution < -0.4 is 5.32 Å². The molecule has 0 saturated heterocycles. The molecule has 106 valence electrons. The molecule has 0 bridgehead atoms. The fourth-order valence-corrected chi connectivity index (χ4v) is 2.68. The molecule has 0 radical (unpaired) electrons. The predicted molar refractivity (Wildman–Crippen MR) is 85.7 cm³/mol. The Morgan fingerprint density at radius 3 is 2.67 bits per heavy atom.